The number of benzene rings is 2. The van der Waals surface area contributed by atoms with Crippen molar-refractivity contribution < 1.29 is 9.18 Å². The summed E-state index contributed by atoms with van der Waals surface area (Å²) in [5.41, 5.74) is 1.17. The highest BCUT2D eigenvalue weighted by Crippen LogP contribution is 2.46. The van der Waals surface area contributed by atoms with Gasteiger partial charge in [-0.05, 0) is 24.3 Å². The Balaban J connectivity index is 1.83. The Morgan fingerprint density at radius 2 is 2.04 bits per heavy atom. The fourth-order valence-electron chi connectivity index (χ4n) is 2.55. The lowest BCUT2D eigenvalue weighted by atomic mass is 10.2. The van der Waals surface area contributed by atoms with Gasteiger partial charge < -0.3 is 0 Å². The van der Waals surface area contributed by atoms with Gasteiger partial charge in [-0.2, -0.15) is 0 Å². The zero-order chi connectivity index (χ0) is 16.0. The molecule has 1 amide bonds. The molecule has 0 saturated carbocycles. The first kappa shape index (κ1) is 14.9. The Morgan fingerprint density at radius 3 is 2.83 bits per heavy atom. The number of aromatic nitrogens is 1. The van der Waals surface area contributed by atoms with Crippen LogP contribution in [0.4, 0.5) is 9.52 Å². The summed E-state index contributed by atoms with van der Waals surface area (Å²) < 4.78 is 15.3. The maximum absolute atomic E-state index is 14.3. The molecule has 1 unspecified atom stereocenters. The highest BCUT2D eigenvalue weighted by Gasteiger charge is 2.38. The van der Waals surface area contributed by atoms with Crippen LogP contribution in [0, 0.1) is 5.82 Å². The number of fused-ring (bicyclic) bond motifs is 1. The summed E-state index contributed by atoms with van der Waals surface area (Å²) in [6.07, 6.45) is 0. The van der Waals surface area contributed by atoms with Gasteiger partial charge in [-0.25, -0.2) is 9.37 Å². The Kier molecular flexibility index (Phi) is 3.75. The number of thioether (sulfide) groups is 1. The summed E-state index contributed by atoms with van der Waals surface area (Å²) in [5.74, 6) is -0.209. The Labute approximate surface area is 145 Å². The number of amides is 1. The van der Waals surface area contributed by atoms with Crippen LogP contribution in [0.25, 0.3) is 10.2 Å². The molecule has 23 heavy (non-hydrogen) atoms. The van der Waals surface area contributed by atoms with E-state index in [2.05, 4.69) is 4.98 Å². The standard InChI is InChI=1S/C16H10ClFN2OS2/c17-9-4-3-5-10(18)14(9)15-20(13(21)8-22-15)16-19-11-6-1-2-7-12(11)23-16/h1-7,15H,8H2. The van der Waals surface area contributed by atoms with Crippen molar-refractivity contribution in [2.75, 3.05) is 10.7 Å². The molecular formula is C16H10ClFN2OS2. The van der Waals surface area contributed by atoms with Gasteiger partial charge >= 0.3 is 0 Å². The first-order chi connectivity index (χ1) is 11.1. The molecule has 1 aliphatic heterocycles. The van der Waals surface area contributed by atoms with E-state index in [0.29, 0.717) is 15.7 Å². The number of para-hydroxylation sites is 1. The van der Waals surface area contributed by atoms with Crippen molar-refractivity contribution in [3.8, 4) is 0 Å². The lowest BCUT2D eigenvalue weighted by Gasteiger charge is -2.22. The number of anilines is 1. The molecule has 116 valence electrons. The van der Waals surface area contributed by atoms with Gasteiger partial charge in [0.2, 0.25) is 5.91 Å². The van der Waals surface area contributed by atoms with Gasteiger partial charge in [0, 0.05) is 10.6 Å². The molecule has 0 spiro atoms. The number of nitrogens with zero attached hydrogens (tertiary/aromatic N) is 2. The second-order valence-corrected chi connectivity index (χ2v) is 7.51. The van der Waals surface area contributed by atoms with Crippen molar-refractivity contribution in [1.29, 1.82) is 0 Å². The van der Waals surface area contributed by atoms with Gasteiger partial charge in [0.15, 0.2) is 5.13 Å². The van der Waals surface area contributed by atoms with Crippen LogP contribution >= 0.6 is 34.7 Å². The Bertz CT molecular complexity index is 861. The van der Waals surface area contributed by atoms with Crippen LogP contribution in [0.15, 0.2) is 42.5 Å². The second-order valence-electron chi connectivity index (χ2n) is 5.03. The fraction of sp³-hybridized carbons (Fsp3) is 0.125. The minimum absolute atomic E-state index is 0.0848. The van der Waals surface area contributed by atoms with Crippen molar-refractivity contribution in [3.05, 3.63) is 58.9 Å². The minimum Gasteiger partial charge on any atom is -0.273 e. The summed E-state index contributed by atoms with van der Waals surface area (Å²) in [6, 6.07) is 12.2. The van der Waals surface area contributed by atoms with Gasteiger partial charge in [0.05, 0.1) is 16.0 Å². The molecule has 2 aromatic carbocycles. The summed E-state index contributed by atoms with van der Waals surface area (Å²) >= 11 is 8.97. The van der Waals surface area contributed by atoms with E-state index in [4.69, 9.17) is 11.6 Å². The number of hydrogen-bond acceptors (Lipinski definition) is 4. The zero-order valence-corrected chi connectivity index (χ0v) is 14.1. The van der Waals surface area contributed by atoms with Crippen molar-refractivity contribution >= 4 is 56.0 Å². The maximum atomic E-state index is 14.3. The molecule has 1 aromatic heterocycles. The third-order valence-electron chi connectivity index (χ3n) is 3.60. The van der Waals surface area contributed by atoms with E-state index in [0.717, 1.165) is 10.2 Å². The van der Waals surface area contributed by atoms with Crippen LogP contribution < -0.4 is 4.90 Å². The topological polar surface area (TPSA) is 33.2 Å². The number of halogens is 2. The predicted molar refractivity (Wildman–Crippen MR) is 93.7 cm³/mol. The minimum atomic E-state index is -0.489. The molecule has 1 aliphatic rings. The largest absolute Gasteiger partial charge is 0.273 e. The highest BCUT2D eigenvalue weighted by atomic mass is 35.5. The van der Waals surface area contributed by atoms with E-state index >= 15 is 0 Å². The molecular weight excluding hydrogens is 355 g/mol. The van der Waals surface area contributed by atoms with Crippen molar-refractivity contribution in [3.63, 3.8) is 0 Å². The van der Waals surface area contributed by atoms with Gasteiger partial charge in [0.25, 0.3) is 0 Å². The number of rotatable bonds is 2. The smallest absolute Gasteiger partial charge is 0.240 e. The van der Waals surface area contributed by atoms with E-state index < -0.39 is 11.2 Å². The van der Waals surface area contributed by atoms with E-state index in [9.17, 15) is 9.18 Å². The number of carbonyl (C=O) groups excluding carboxylic acids is 1. The molecule has 1 atom stereocenters. The third kappa shape index (κ3) is 2.51. The maximum Gasteiger partial charge on any atom is 0.240 e. The first-order valence-electron chi connectivity index (χ1n) is 6.88. The molecule has 0 radical (unpaired) electrons. The van der Waals surface area contributed by atoms with E-state index in [-0.39, 0.29) is 11.7 Å². The average Bonchev–Trinajstić information content (AvgIpc) is 3.10. The van der Waals surface area contributed by atoms with Crippen LogP contribution in [0.5, 0.6) is 0 Å². The van der Waals surface area contributed by atoms with Crippen LogP contribution in [0.1, 0.15) is 10.9 Å². The third-order valence-corrected chi connectivity index (χ3v) is 6.14. The molecule has 0 bridgehead atoms. The molecule has 3 aromatic rings. The molecule has 7 heteroatoms. The van der Waals surface area contributed by atoms with Crippen molar-refractivity contribution in [2.24, 2.45) is 0 Å². The van der Waals surface area contributed by atoms with Crippen LogP contribution in [-0.2, 0) is 4.79 Å². The Hall–Kier alpha value is -1.63. The first-order valence-corrected chi connectivity index (χ1v) is 9.12. The van der Waals surface area contributed by atoms with Crippen LogP contribution in [-0.4, -0.2) is 16.6 Å². The number of hydrogen-bond donors (Lipinski definition) is 0. The monoisotopic (exact) mass is 364 g/mol. The van der Waals surface area contributed by atoms with Crippen LogP contribution in [0.2, 0.25) is 5.02 Å². The van der Waals surface area contributed by atoms with E-state index in [1.807, 2.05) is 24.3 Å². The van der Waals surface area contributed by atoms with Crippen molar-refractivity contribution in [2.45, 2.75) is 5.37 Å². The fourth-order valence-corrected chi connectivity index (χ4v) is 5.18. The zero-order valence-electron chi connectivity index (χ0n) is 11.7. The number of thiazole rings is 1. The quantitative estimate of drug-likeness (QED) is 0.650. The van der Waals surface area contributed by atoms with Gasteiger partial charge in [-0.3, -0.25) is 9.69 Å². The molecule has 1 saturated heterocycles. The molecule has 0 N–H and O–H groups in total. The summed E-state index contributed by atoms with van der Waals surface area (Å²) in [5, 5.41) is 0.408. The summed E-state index contributed by atoms with van der Waals surface area (Å²) in [7, 11) is 0. The van der Waals surface area contributed by atoms with Gasteiger partial charge in [-0.15, -0.1) is 11.8 Å². The lowest BCUT2D eigenvalue weighted by molar-refractivity contribution is -0.115. The van der Waals surface area contributed by atoms with Gasteiger partial charge in [0.1, 0.15) is 11.2 Å². The SMILES string of the molecule is O=C1CSC(c2c(F)cccc2Cl)N1c1nc2ccccc2s1. The number of carbonyl (C=O) groups is 1. The molecule has 3 nitrogen and oxygen atoms in total. The second kappa shape index (κ2) is 5.78. The van der Waals surface area contributed by atoms with Crippen LogP contribution in [0.3, 0.4) is 0 Å². The predicted octanol–water partition coefficient (Wildman–Crippen LogP) is 4.87. The highest BCUT2D eigenvalue weighted by molar-refractivity contribution is 8.00. The average molecular weight is 365 g/mol. The van der Waals surface area contributed by atoms with Gasteiger partial charge in [-0.1, -0.05) is 41.1 Å². The Morgan fingerprint density at radius 1 is 1.22 bits per heavy atom. The van der Waals surface area contributed by atoms with E-state index in [1.54, 1.807) is 17.0 Å². The summed E-state index contributed by atoms with van der Waals surface area (Å²) in [4.78, 5) is 18.4. The van der Waals surface area contributed by atoms with E-state index in [1.165, 1.54) is 29.2 Å². The summed E-state index contributed by atoms with van der Waals surface area (Å²) in [6.45, 7) is 0. The molecule has 2 heterocycles. The van der Waals surface area contributed by atoms with Crippen molar-refractivity contribution in [1.82, 2.24) is 4.98 Å². The molecule has 4 rings (SSSR count). The normalized spacial score (nSPS) is 18.1. The molecule has 1 fully saturated rings. The lowest BCUT2D eigenvalue weighted by Crippen LogP contribution is -2.28. The molecule has 0 aliphatic carbocycles.